The van der Waals surface area contributed by atoms with Crippen LogP contribution in [0.4, 0.5) is 20.5 Å². The van der Waals surface area contributed by atoms with Crippen molar-refractivity contribution in [3.8, 4) is 16.9 Å². The Morgan fingerprint density at radius 1 is 1.09 bits per heavy atom. The second-order valence-electron chi connectivity index (χ2n) is 7.88. The number of anilines is 2. The third-order valence-electron chi connectivity index (χ3n) is 5.63. The van der Waals surface area contributed by atoms with Crippen LogP contribution in [0.25, 0.3) is 28.0 Å². The smallest absolute Gasteiger partial charge is 0.225 e. The lowest BCUT2D eigenvalue weighted by atomic mass is 10.1. The molecule has 1 aliphatic heterocycles. The van der Waals surface area contributed by atoms with Crippen LogP contribution < -0.4 is 11.1 Å². The predicted molar refractivity (Wildman–Crippen MR) is 127 cm³/mol. The van der Waals surface area contributed by atoms with E-state index in [-0.39, 0.29) is 10.8 Å². The summed E-state index contributed by atoms with van der Waals surface area (Å²) in [5.41, 5.74) is 8.19. The van der Waals surface area contributed by atoms with Crippen molar-refractivity contribution in [2.45, 2.75) is 0 Å². The van der Waals surface area contributed by atoms with E-state index in [1.807, 2.05) is 0 Å². The molecule has 0 unspecified atom stereocenters. The van der Waals surface area contributed by atoms with Crippen molar-refractivity contribution in [1.82, 2.24) is 24.6 Å². The number of hydrogen-bond acceptors (Lipinski definition) is 7. The van der Waals surface area contributed by atoms with Crippen LogP contribution in [0, 0.1) is 11.6 Å². The number of nitrogens with one attached hydrogen (secondary N) is 1. The lowest BCUT2D eigenvalue weighted by Crippen LogP contribution is -2.39. The number of benzene rings is 2. The standard InChI is InChI=1S/C23H22ClF2N7O/c24-17-12-14(4-5-18(17)26)20-19-21(27)33(16-3-1-2-15(25)13-16)31-22(19)30-23(29-20)28-6-7-32-8-10-34-11-9-32/h1-5,12-13H,6-11,27H2,(H,28,30,31). The highest BCUT2D eigenvalue weighted by atomic mass is 35.5. The molecular weight excluding hydrogens is 464 g/mol. The molecule has 1 saturated heterocycles. The quantitative estimate of drug-likeness (QED) is 0.429. The Kier molecular flexibility index (Phi) is 6.27. The highest BCUT2D eigenvalue weighted by Gasteiger charge is 2.20. The highest BCUT2D eigenvalue weighted by Crippen LogP contribution is 2.34. The molecule has 34 heavy (non-hydrogen) atoms. The number of fused-ring (bicyclic) bond motifs is 1. The topological polar surface area (TPSA) is 94.1 Å². The molecule has 3 N–H and O–H groups in total. The van der Waals surface area contributed by atoms with E-state index in [0.717, 1.165) is 19.6 Å². The fourth-order valence-electron chi connectivity index (χ4n) is 3.90. The SMILES string of the molecule is Nc1c2c(-c3ccc(F)c(Cl)c3)nc(NCCN3CCOCC3)nc2nn1-c1cccc(F)c1. The van der Waals surface area contributed by atoms with Gasteiger partial charge in [0.25, 0.3) is 0 Å². The van der Waals surface area contributed by atoms with Crippen LogP contribution in [0.15, 0.2) is 42.5 Å². The Morgan fingerprint density at radius 2 is 1.91 bits per heavy atom. The minimum absolute atomic E-state index is 0.0396. The molecule has 5 rings (SSSR count). The number of halogens is 3. The minimum atomic E-state index is -0.539. The molecule has 11 heteroatoms. The molecule has 0 amide bonds. The summed E-state index contributed by atoms with van der Waals surface area (Å²) < 4.78 is 34.5. The molecule has 1 aliphatic rings. The Bertz CT molecular complexity index is 1340. The van der Waals surface area contributed by atoms with E-state index in [4.69, 9.17) is 22.1 Å². The van der Waals surface area contributed by atoms with Gasteiger partial charge in [-0.2, -0.15) is 4.98 Å². The van der Waals surface area contributed by atoms with Gasteiger partial charge in [-0.3, -0.25) is 4.90 Å². The average molecular weight is 486 g/mol. The zero-order valence-electron chi connectivity index (χ0n) is 18.1. The normalized spacial score (nSPS) is 14.6. The van der Waals surface area contributed by atoms with Crippen molar-refractivity contribution >= 4 is 34.4 Å². The summed E-state index contributed by atoms with van der Waals surface area (Å²) in [6.07, 6.45) is 0. The van der Waals surface area contributed by atoms with Gasteiger partial charge in [-0.15, -0.1) is 5.10 Å². The number of nitrogen functional groups attached to an aromatic ring is 1. The van der Waals surface area contributed by atoms with Gasteiger partial charge in [0.15, 0.2) is 5.65 Å². The Balaban J connectivity index is 1.56. The van der Waals surface area contributed by atoms with E-state index in [0.29, 0.717) is 53.7 Å². The molecule has 176 valence electrons. The van der Waals surface area contributed by atoms with E-state index in [2.05, 4.69) is 25.3 Å². The summed E-state index contributed by atoms with van der Waals surface area (Å²) in [6, 6.07) is 10.2. The lowest BCUT2D eigenvalue weighted by Gasteiger charge is -2.26. The van der Waals surface area contributed by atoms with Gasteiger partial charge in [0.1, 0.15) is 17.5 Å². The zero-order valence-corrected chi connectivity index (χ0v) is 18.9. The molecule has 0 radical (unpaired) electrons. The van der Waals surface area contributed by atoms with Crippen LogP contribution in [-0.2, 0) is 4.74 Å². The Labute approximate surface area is 199 Å². The fourth-order valence-corrected chi connectivity index (χ4v) is 4.08. The number of nitrogens with two attached hydrogens (primary N) is 1. The average Bonchev–Trinajstić information content (AvgIpc) is 3.17. The summed E-state index contributed by atoms with van der Waals surface area (Å²) >= 11 is 6.04. The van der Waals surface area contributed by atoms with Gasteiger partial charge in [0.2, 0.25) is 5.95 Å². The van der Waals surface area contributed by atoms with Gasteiger partial charge in [-0.05, 0) is 36.4 Å². The third kappa shape index (κ3) is 4.52. The zero-order chi connectivity index (χ0) is 23.7. The van der Waals surface area contributed by atoms with Crippen LogP contribution in [-0.4, -0.2) is 64.0 Å². The van der Waals surface area contributed by atoms with E-state index in [9.17, 15) is 8.78 Å². The molecule has 8 nitrogen and oxygen atoms in total. The van der Waals surface area contributed by atoms with Crippen LogP contribution >= 0.6 is 11.6 Å². The first-order chi connectivity index (χ1) is 16.5. The van der Waals surface area contributed by atoms with Crippen LogP contribution in [0.3, 0.4) is 0 Å². The summed E-state index contributed by atoms with van der Waals surface area (Å²) in [6.45, 7) is 4.58. The van der Waals surface area contributed by atoms with Crippen LogP contribution in [0.1, 0.15) is 0 Å². The highest BCUT2D eigenvalue weighted by molar-refractivity contribution is 6.31. The molecule has 1 fully saturated rings. The molecule has 2 aromatic heterocycles. The number of ether oxygens (including phenoxy) is 1. The van der Waals surface area contributed by atoms with E-state index >= 15 is 0 Å². The van der Waals surface area contributed by atoms with Gasteiger partial charge in [-0.25, -0.2) is 18.4 Å². The number of hydrogen-bond donors (Lipinski definition) is 2. The van der Waals surface area contributed by atoms with Gasteiger partial charge < -0.3 is 15.8 Å². The number of nitrogens with zero attached hydrogens (tertiary/aromatic N) is 5. The van der Waals surface area contributed by atoms with Gasteiger partial charge in [0.05, 0.1) is 35.0 Å². The molecule has 2 aromatic carbocycles. The largest absolute Gasteiger partial charge is 0.383 e. The Hall–Kier alpha value is -3.34. The second-order valence-corrected chi connectivity index (χ2v) is 8.29. The van der Waals surface area contributed by atoms with Crippen molar-refractivity contribution in [3.63, 3.8) is 0 Å². The van der Waals surface area contributed by atoms with Gasteiger partial charge >= 0.3 is 0 Å². The molecular formula is C23H22ClF2N7O. The van der Waals surface area contributed by atoms with Crippen LogP contribution in [0.5, 0.6) is 0 Å². The predicted octanol–water partition coefficient (Wildman–Crippen LogP) is 3.74. The van der Waals surface area contributed by atoms with Gasteiger partial charge in [-0.1, -0.05) is 17.7 Å². The number of rotatable bonds is 6. The van der Waals surface area contributed by atoms with Crippen molar-refractivity contribution in [2.75, 3.05) is 50.4 Å². The first-order valence-electron chi connectivity index (χ1n) is 10.8. The maximum absolute atomic E-state index is 13.8. The molecule has 0 saturated carbocycles. The third-order valence-corrected chi connectivity index (χ3v) is 5.92. The fraction of sp³-hybridized carbons (Fsp3) is 0.261. The summed E-state index contributed by atoms with van der Waals surface area (Å²) in [4.78, 5) is 11.5. The summed E-state index contributed by atoms with van der Waals surface area (Å²) in [7, 11) is 0. The van der Waals surface area contributed by atoms with Crippen LogP contribution in [0.2, 0.25) is 5.02 Å². The lowest BCUT2D eigenvalue weighted by molar-refractivity contribution is 0.0398. The summed E-state index contributed by atoms with van der Waals surface area (Å²) in [5, 5.41) is 8.17. The van der Waals surface area contributed by atoms with Gasteiger partial charge in [0, 0.05) is 31.7 Å². The molecule has 3 heterocycles. The van der Waals surface area contributed by atoms with Crippen molar-refractivity contribution in [3.05, 3.63) is 59.1 Å². The molecule has 0 bridgehead atoms. The van der Waals surface area contributed by atoms with Crippen molar-refractivity contribution < 1.29 is 13.5 Å². The van der Waals surface area contributed by atoms with Crippen molar-refractivity contribution in [2.24, 2.45) is 0 Å². The summed E-state index contributed by atoms with van der Waals surface area (Å²) in [5.74, 6) is -0.377. The minimum Gasteiger partial charge on any atom is -0.383 e. The maximum Gasteiger partial charge on any atom is 0.225 e. The molecule has 0 aliphatic carbocycles. The van der Waals surface area contributed by atoms with E-state index in [1.165, 1.54) is 28.9 Å². The van der Waals surface area contributed by atoms with E-state index < -0.39 is 11.6 Å². The van der Waals surface area contributed by atoms with E-state index in [1.54, 1.807) is 18.2 Å². The molecule has 4 aromatic rings. The Morgan fingerprint density at radius 3 is 2.68 bits per heavy atom. The first-order valence-corrected chi connectivity index (χ1v) is 11.2. The maximum atomic E-state index is 13.8. The molecule has 0 spiro atoms. The second kappa shape index (κ2) is 9.49. The van der Waals surface area contributed by atoms with Crippen molar-refractivity contribution in [1.29, 1.82) is 0 Å². The molecule has 0 atom stereocenters. The first kappa shape index (κ1) is 22.5. The monoisotopic (exact) mass is 485 g/mol. The number of aromatic nitrogens is 4. The number of morpholine rings is 1.